The Morgan fingerprint density at radius 3 is 2.36 bits per heavy atom. The average Bonchev–Trinajstić information content (AvgIpc) is 3.05. The fourth-order valence-electron chi connectivity index (χ4n) is 3.71. The molecule has 0 spiro atoms. The Labute approximate surface area is 186 Å². The number of non-ortho nitro benzene ring substituents is 1. The van der Waals surface area contributed by atoms with Gasteiger partial charge in [-0.1, -0.05) is 6.07 Å². The van der Waals surface area contributed by atoms with Crippen molar-refractivity contribution in [3.63, 3.8) is 0 Å². The molecule has 4 rings (SSSR count). The zero-order valence-electron chi connectivity index (χ0n) is 17.5. The van der Waals surface area contributed by atoms with Crippen molar-refractivity contribution < 1.29 is 23.7 Å². The van der Waals surface area contributed by atoms with Gasteiger partial charge in [0.15, 0.2) is 0 Å². The van der Waals surface area contributed by atoms with Gasteiger partial charge in [0.2, 0.25) is 0 Å². The predicted octanol–water partition coefficient (Wildman–Crippen LogP) is 3.81. The van der Waals surface area contributed by atoms with Crippen molar-refractivity contribution in [1.82, 2.24) is 9.88 Å². The lowest BCUT2D eigenvalue weighted by Gasteiger charge is -2.26. The third kappa shape index (κ3) is 3.89. The van der Waals surface area contributed by atoms with E-state index in [9.17, 15) is 28.9 Å². The van der Waals surface area contributed by atoms with Gasteiger partial charge >= 0.3 is 6.03 Å². The molecule has 2 aromatic carbocycles. The van der Waals surface area contributed by atoms with Crippen LogP contribution < -0.4 is 10.2 Å². The SMILES string of the molecule is Cc1cc(/C=C2\C(=O)NC(=O)N(c3ccc(F)cc3)C2=O)c(C)n1-c1cccc([N+](=O)[O-])c1. The van der Waals surface area contributed by atoms with E-state index in [0.29, 0.717) is 16.9 Å². The molecule has 3 aromatic rings. The van der Waals surface area contributed by atoms with Gasteiger partial charge in [-0.25, -0.2) is 14.1 Å². The topological polar surface area (TPSA) is 115 Å². The van der Waals surface area contributed by atoms with E-state index in [-0.39, 0.29) is 16.9 Å². The molecule has 0 unspecified atom stereocenters. The first-order valence-corrected chi connectivity index (χ1v) is 9.78. The first-order chi connectivity index (χ1) is 15.7. The van der Waals surface area contributed by atoms with Gasteiger partial charge in [0.25, 0.3) is 17.5 Å². The minimum Gasteiger partial charge on any atom is -0.318 e. The Bertz CT molecular complexity index is 1360. The largest absolute Gasteiger partial charge is 0.335 e. The first-order valence-electron chi connectivity index (χ1n) is 9.78. The van der Waals surface area contributed by atoms with E-state index in [2.05, 4.69) is 5.32 Å². The second-order valence-corrected chi connectivity index (χ2v) is 7.37. The second kappa shape index (κ2) is 8.15. The van der Waals surface area contributed by atoms with E-state index in [1.807, 2.05) is 0 Å². The van der Waals surface area contributed by atoms with Gasteiger partial charge in [-0.3, -0.25) is 25.0 Å². The number of urea groups is 1. The number of aryl methyl sites for hydroxylation is 1. The summed E-state index contributed by atoms with van der Waals surface area (Å²) >= 11 is 0. The molecular formula is C23H17FN4O5. The van der Waals surface area contributed by atoms with Gasteiger partial charge in [0.05, 0.1) is 16.3 Å². The molecule has 1 aromatic heterocycles. The number of benzene rings is 2. The highest BCUT2D eigenvalue weighted by Gasteiger charge is 2.37. The van der Waals surface area contributed by atoms with Crippen LogP contribution in [0.3, 0.4) is 0 Å². The molecule has 1 aliphatic rings. The van der Waals surface area contributed by atoms with Crippen LogP contribution in [0, 0.1) is 29.8 Å². The smallest absolute Gasteiger partial charge is 0.318 e. The summed E-state index contributed by atoms with van der Waals surface area (Å²) in [5, 5.41) is 13.3. The van der Waals surface area contributed by atoms with Crippen LogP contribution >= 0.6 is 0 Å². The highest BCUT2D eigenvalue weighted by molar-refractivity contribution is 6.39. The number of aromatic nitrogens is 1. The minimum atomic E-state index is -0.934. The van der Waals surface area contributed by atoms with Gasteiger partial charge < -0.3 is 4.57 Å². The van der Waals surface area contributed by atoms with E-state index in [1.54, 1.807) is 36.6 Å². The standard InChI is InChI=1S/C23H17FN4O5/c1-13-10-15(14(2)26(13)18-4-3-5-19(12-18)28(32)33)11-20-21(29)25-23(31)27(22(20)30)17-8-6-16(24)7-9-17/h3-12H,1-2H3,(H,25,29,31)/b20-11+. The molecule has 1 aliphatic heterocycles. The van der Waals surface area contributed by atoms with Gasteiger partial charge in [-0.05, 0) is 61.9 Å². The highest BCUT2D eigenvalue weighted by atomic mass is 19.1. The zero-order chi connectivity index (χ0) is 23.9. The summed E-state index contributed by atoms with van der Waals surface area (Å²) in [6.07, 6.45) is 1.36. The monoisotopic (exact) mass is 448 g/mol. The summed E-state index contributed by atoms with van der Waals surface area (Å²) in [6.45, 7) is 3.53. The number of rotatable bonds is 4. The maximum atomic E-state index is 13.3. The fraction of sp³-hybridized carbons (Fsp3) is 0.0870. The van der Waals surface area contributed by atoms with E-state index in [4.69, 9.17) is 0 Å². The normalized spacial score (nSPS) is 15.2. The Morgan fingerprint density at radius 2 is 1.70 bits per heavy atom. The molecule has 10 heteroatoms. The van der Waals surface area contributed by atoms with E-state index < -0.39 is 28.6 Å². The van der Waals surface area contributed by atoms with Crippen LogP contribution in [0.1, 0.15) is 17.0 Å². The third-order valence-corrected chi connectivity index (χ3v) is 5.26. The molecule has 1 saturated heterocycles. The van der Waals surface area contributed by atoms with E-state index in [1.165, 1.54) is 30.3 Å². The number of amides is 4. The van der Waals surface area contributed by atoms with Crippen molar-refractivity contribution in [2.24, 2.45) is 0 Å². The van der Waals surface area contributed by atoms with Gasteiger partial charge in [-0.2, -0.15) is 0 Å². The Morgan fingerprint density at radius 1 is 1.00 bits per heavy atom. The van der Waals surface area contributed by atoms with Crippen LogP contribution in [-0.2, 0) is 9.59 Å². The number of carbonyl (C=O) groups is 3. The fourth-order valence-corrected chi connectivity index (χ4v) is 3.71. The maximum absolute atomic E-state index is 13.3. The molecule has 1 fully saturated rings. The quantitative estimate of drug-likeness (QED) is 0.282. The van der Waals surface area contributed by atoms with Gasteiger partial charge in [0, 0.05) is 23.5 Å². The minimum absolute atomic E-state index is 0.0739. The van der Waals surface area contributed by atoms with Gasteiger partial charge in [-0.15, -0.1) is 0 Å². The molecule has 0 radical (unpaired) electrons. The Balaban J connectivity index is 1.76. The van der Waals surface area contributed by atoms with E-state index in [0.717, 1.165) is 22.7 Å². The van der Waals surface area contributed by atoms with Crippen molar-refractivity contribution in [3.05, 3.63) is 93.1 Å². The van der Waals surface area contributed by atoms with Crippen LogP contribution in [0.4, 0.5) is 20.6 Å². The number of hydrogen-bond donors (Lipinski definition) is 1. The molecule has 0 bridgehead atoms. The van der Waals surface area contributed by atoms with Crippen LogP contribution in [0.15, 0.2) is 60.2 Å². The number of anilines is 1. The zero-order valence-corrected chi connectivity index (χ0v) is 17.5. The Hall–Kier alpha value is -4.60. The van der Waals surface area contributed by atoms with Crippen molar-refractivity contribution >= 4 is 35.3 Å². The molecule has 0 aliphatic carbocycles. The third-order valence-electron chi connectivity index (χ3n) is 5.26. The highest BCUT2D eigenvalue weighted by Crippen LogP contribution is 2.27. The molecule has 9 nitrogen and oxygen atoms in total. The summed E-state index contributed by atoms with van der Waals surface area (Å²) in [4.78, 5) is 49.2. The van der Waals surface area contributed by atoms with Crippen LogP contribution in [0.2, 0.25) is 0 Å². The summed E-state index contributed by atoms with van der Waals surface area (Å²) in [7, 11) is 0. The number of halogens is 1. The molecule has 4 amide bonds. The van der Waals surface area contributed by atoms with Crippen molar-refractivity contribution in [2.45, 2.75) is 13.8 Å². The maximum Gasteiger partial charge on any atom is 0.335 e. The van der Waals surface area contributed by atoms with Crippen LogP contribution in [-0.4, -0.2) is 27.3 Å². The number of carbonyl (C=O) groups excluding carboxylic acids is 3. The number of nitrogens with zero attached hydrogens (tertiary/aromatic N) is 3. The number of nitrogens with one attached hydrogen (secondary N) is 1. The number of nitro groups is 1. The molecule has 0 atom stereocenters. The molecule has 0 saturated carbocycles. The number of imide groups is 2. The molecule has 2 heterocycles. The van der Waals surface area contributed by atoms with Crippen LogP contribution in [0.5, 0.6) is 0 Å². The summed E-state index contributed by atoms with van der Waals surface area (Å²) in [5.74, 6) is -2.25. The number of hydrogen-bond acceptors (Lipinski definition) is 5. The first kappa shape index (κ1) is 21.6. The number of barbiturate groups is 1. The predicted molar refractivity (Wildman–Crippen MR) is 117 cm³/mol. The van der Waals surface area contributed by atoms with Crippen molar-refractivity contribution in [2.75, 3.05) is 4.90 Å². The number of nitro benzene ring substituents is 1. The lowest BCUT2D eigenvalue weighted by molar-refractivity contribution is -0.384. The summed E-state index contributed by atoms with van der Waals surface area (Å²) in [5.41, 5.74) is 2.17. The van der Waals surface area contributed by atoms with E-state index >= 15 is 0 Å². The Kier molecular flexibility index (Phi) is 5.34. The lowest BCUT2D eigenvalue weighted by Crippen LogP contribution is -2.54. The second-order valence-electron chi connectivity index (χ2n) is 7.37. The molecule has 33 heavy (non-hydrogen) atoms. The molecule has 1 N–H and O–H groups in total. The van der Waals surface area contributed by atoms with Crippen molar-refractivity contribution in [1.29, 1.82) is 0 Å². The summed E-state index contributed by atoms with van der Waals surface area (Å²) < 4.78 is 15.0. The summed E-state index contributed by atoms with van der Waals surface area (Å²) in [6, 6.07) is 11.6. The van der Waals surface area contributed by atoms with Crippen molar-refractivity contribution in [3.8, 4) is 5.69 Å². The van der Waals surface area contributed by atoms with Crippen LogP contribution in [0.25, 0.3) is 11.8 Å². The molecular weight excluding hydrogens is 431 g/mol. The van der Waals surface area contributed by atoms with Gasteiger partial charge in [0.1, 0.15) is 11.4 Å². The molecule has 166 valence electrons. The lowest BCUT2D eigenvalue weighted by atomic mass is 10.1. The average molecular weight is 448 g/mol.